The summed E-state index contributed by atoms with van der Waals surface area (Å²) in [5.74, 6) is -4.66. The lowest BCUT2D eigenvalue weighted by Gasteiger charge is -2.14. The normalized spacial score (nSPS) is 11.6. The largest absolute Gasteiger partial charge is 0.778 e. The minimum Gasteiger partial charge on any atom is -0.778 e. The molecule has 0 fully saturated rings. The van der Waals surface area contributed by atoms with E-state index in [1.54, 1.807) is 4.72 Å². The number of hydrogen-bond donors (Lipinski definition) is 6. The van der Waals surface area contributed by atoms with Gasteiger partial charge in [-0.25, -0.2) is 32.3 Å². The molecule has 1 atom stereocenters. The van der Waals surface area contributed by atoms with Crippen LogP contribution in [0.4, 0.5) is 42.8 Å². The fourth-order valence-corrected chi connectivity index (χ4v) is 7.84. The van der Waals surface area contributed by atoms with Crippen LogP contribution in [0.15, 0.2) is 77.7 Å². The Labute approximate surface area is 497 Å². The molecule has 0 aliphatic rings. The van der Waals surface area contributed by atoms with Crippen LogP contribution in [0.2, 0.25) is 15.1 Å². The lowest BCUT2D eigenvalue weighted by molar-refractivity contribution is -0.385. The summed E-state index contributed by atoms with van der Waals surface area (Å²) in [5.41, 5.74) is -2.35. The first kappa shape index (κ1) is 75.7. The van der Waals surface area contributed by atoms with E-state index in [4.69, 9.17) is 68.9 Å². The van der Waals surface area contributed by atoms with Crippen LogP contribution < -0.4 is 34.5 Å². The van der Waals surface area contributed by atoms with E-state index in [0.29, 0.717) is 17.0 Å². The van der Waals surface area contributed by atoms with Crippen molar-refractivity contribution < 1.29 is 112 Å². The Morgan fingerprint density at radius 2 is 1.46 bits per heavy atom. The number of esters is 2. The Bertz CT molecular complexity index is 3290. The first-order chi connectivity index (χ1) is 39.2. The molecule has 38 heteroatoms. The maximum atomic E-state index is 12.7. The molecule has 85 heavy (non-hydrogen) atoms. The number of halogens is 9. The second kappa shape index (κ2) is 35.2. The first-order valence-electron chi connectivity index (χ1n) is 22.9. The highest BCUT2D eigenvalue weighted by Gasteiger charge is 2.32. The number of rotatable bonds is 19. The van der Waals surface area contributed by atoms with Gasteiger partial charge in [-0.1, -0.05) is 53.0 Å². The van der Waals surface area contributed by atoms with E-state index < -0.39 is 119 Å². The van der Waals surface area contributed by atoms with Gasteiger partial charge in [0.2, 0.25) is 5.95 Å². The van der Waals surface area contributed by atoms with Crippen LogP contribution in [0, 0.1) is 17.0 Å². The van der Waals surface area contributed by atoms with Crippen molar-refractivity contribution in [3.8, 4) is 23.3 Å². The quantitative estimate of drug-likeness (QED) is 0.0113. The number of amides is 2. The molecule has 1 aromatic heterocycles. The molecule has 0 aliphatic carbocycles. The van der Waals surface area contributed by atoms with E-state index in [9.17, 15) is 78.3 Å². The summed E-state index contributed by atoms with van der Waals surface area (Å²) >= 11 is 17.2. The number of aromatic nitrogens is 3. The molecule has 5 aromatic rings. The lowest BCUT2D eigenvalue weighted by Crippen LogP contribution is -2.35. The van der Waals surface area contributed by atoms with Gasteiger partial charge in [0.1, 0.15) is 36.0 Å². The smallest absolute Gasteiger partial charge is 0.416 e. The highest BCUT2D eigenvalue weighted by Crippen LogP contribution is 2.38. The summed E-state index contributed by atoms with van der Waals surface area (Å²) in [7, 11) is -5.51. The van der Waals surface area contributed by atoms with E-state index in [2.05, 4.69) is 43.8 Å². The highest BCUT2D eigenvalue weighted by atomic mass is 35.5. The number of anilines is 1. The number of carboxylic acids is 2. The number of benzene rings is 4. The van der Waals surface area contributed by atoms with Crippen molar-refractivity contribution in [1.29, 1.82) is 0 Å². The summed E-state index contributed by atoms with van der Waals surface area (Å²) in [6, 6.07) is 12.1. The van der Waals surface area contributed by atoms with Gasteiger partial charge in [0.15, 0.2) is 12.4 Å². The van der Waals surface area contributed by atoms with Crippen LogP contribution in [0.3, 0.4) is 0 Å². The van der Waals surface area contributed by atoms with Crippen molar-refractivity contribution >= 4 is 105 Å². The second-order valence-electron chi connectivity index (χ2n) is 16.1. The zero-order chi connectivity index (χ0) is 65.2. The van der Waals surface area contributed by atoms with E-state index in [1.165, 1.54) is 58.4 Å². The third-order valence-electron chi connectivity index (χ3n) is 8.86. The molecule has 0 saturated carbocycles. The summed E-state index contributed by atoms with van der Waals surface area (Å²) < 4.78 is 136. The Morgan fingerprint density at radius 3 is 1.96 bits per heavy atom. The average molecular weight is 1330 g/mol. The van der Waals surface area contributed by atoms with Gasteiger partial charge in [-0.3, -0.25) is 25.5 Å². The number of nitro groups is 1. The summed E-state index contributed by atoms with van der Waals surface area (Å²) in [6.07, 6.45) is -4.93. The minimum atomic E-state index is -4.61. The van der Waals surface area contributed by atoms with E-state index in [1.807, 2.05) is 5.32 Å². The molecule has 2 amide bonds. The van der Waals surface area contributed by atoms with Crippen molar-refractivity contribution in [2.45, 2.75) is 43.9 Å². The number of nitrogens with one attached hydrogen (secondary N) is 3. The molecule has 6 N–H and O–H groups in total. The molecule has 1 unspecified atom stereocenters. The number of ether oxygens (including phenoxy) is 5. The Hall–Kier alpha value is -7.30. The standard InChI is InChI=1S/C18H13ClF3NO7.C15H16F3N5O4S.C8H6Cl2O3.C3H8NO5P.C3H9S/c1-2-28-16(24)9-29-17(25)12-8-11(4-5-14(12)23(26)27)30-15-6-3-10(7-13(15)19)18(20,21)22;1-9-19-12(22-14(20-9)27-2)21-13(24)23-28(25,26)11-6-4-3-5-10(11)7-8-15(16,17)18;1-13-7-5(10)3-2-4(9)6(7)8(11)12;5-3(6)1-4-2-10(7,8)9;1-4(2)3/h3-8H,2,9H2,1H3;3-6H,7-8H2,1-2H3,(H2,19,20,21,22,23,24);2-3H,1H3,(H,11,12);4H,1-2H2,(H,5,6)(H2,7,8,9);1-3H3/q;;;;+1/p-1. The number of nitrogens with zero attached hydrogens (tertiary/aromatic N) is 4. The monoisotopic (exact) mass is 1330 g/mol. The van der Waals surface area contributed by atoms with Crippen LogP contribution in [-0.2, 0) is 57.1 Å². The number of hydrogen-bond acceptors (Lipinski definition) is 20. The zero-order valence-electron chi connectivity index (χ0n) is 45.0. The molecule has 468 valence electrons. The highest BCUT2D eigenvalue weighted by molar-refractivity contribution is 7.94. The number of nitro benzene ring substituents is 1. The van der Waals surface area contributed by atoms with Crippen LogP contribution in [0.1, 0.15) is 51.0 Å². The number of carboxylic acid groups (broad SMARTS) is 2. The van der Waals surface area contributed by atoms with Crippen LogP contribution >= 0.6 is 42.4 Å². The molecule has 26 nitrogen and oxygen atoms in total. The molecule has 0 bridgehead atoms. The van der Waals surface area contributed by atoms with Gasteiger partial charge in [0.25, 0.3) is 15.7 Å². The number of sulfonamides is 1. The van der Waals surface area contributed by atoms with Crippen LogP contribution in [-0.4, -0.2) is 139 Å². The third-order valence-corrected chi connectivity index (χ3v) is 11.8. The van der Waals surface area contributed by atoms with E-state index in [0.717, 1.165) is 36.4 Å². The van der Waals surface area contributed by atoms with Crippen LogP contribution in [0.25, 0.3) is 0 Å². The molecule has 0 radical (unpaired) electrons. The number of carbonyl (C=O) groups is 5. The molecule has 5 rings (SSSR count). The van der Waals surface area contributed by atoms with Crippen molar-refractivity contribution in [3.63, 3.8) is 0 Å². The molecule has 0 saturated heterocycles. The van der Waals surface area contributed by atoms with Gasteiger partial charge in [-0.15, -0.1) is 0 Å². The topological polar surface area (TPSA) is 384 Å². The first-order valence-corrected chi connectivity index (χ1v) is 29.7. The number of aryl methyl sites for hydroxylation is 2. The molecule has 4 aromatic carbocycles. The molecular weight excluding hydrogens is 1280 g/mol. The summed E-state index contributed by atoms with van der Waals surface area (Å²) in [5, 5.41) is 32.0. The predicted octanol–water partition coefficient (Wildman–Crippen LogP) is 8.33. The van der Waals surface area contributed by atoms with Crippen molar-refractivity contribution in [2.75, 3.05) is 64.3 Å². The van der Waals surface area contributed by atoms with Gasteiger partial charge in [0, 0.05) is 18.6 Å². The number of carbonyl (C=O) groups excluding carboxylic acids is 3. The number of aromatic carboxylic acids is 1. The second-order valence-corrected chi connectivity index (χ2v) is 23.0. The van der Waals surface area contributed by atoms with Crippen molar-refractivity contribution in [3.05, 3.63) is 126 Å². The third kappa shape index (κ3) is 29.4. The Balaban J connectivity index is 0.000000599. The summed E-state index contributed by atoms with van der Waals surface area (Å²) in [4.78, 5) is 95.2. The maximum absolute atomic E-state index is 12.7. The van der Waals surface area contributed by atoms with E-state index >= 15 is 0 Å². The zero-order valence-corrected chi connectivity index (χ0v) is 49.8. The SMILES string of the molecule is CCOC(=O)COC(=O)c1cc(Oc2ccc(C(F)(F)F)cc2Cl)ccc1[N+](=O)[O-].COc1c(Cl)ccc(Cl)c1C(=O)O.COc1nc(C)nc(NC(=O)NS(=O)(=O)c2ccccc2CCC(F)(F)F)n1.C[S+](C)C.O=C(O)CNCP(=O)([O-])O. The number of aliphatic carboxylic acids is 1. The van der Waals surface area contributed by atoms with Gasteiger partial charge in [-0.05, 0) is 79.2 Å². The van der Waals surface area contributed by atoms with E-state index in [-0.39, 0.29) is 67.8 Å². The molecular formula is C47H51Cl3F6N7O19PS2. The van der Waals surface area contributed by atoms with Gasteiger partial charge >= 0.3 is 48.3 Å². The number of urea groups is 1. The summed E-state index contributed by atoms with van der Waals surface area (Å²) in [6.45, 7) is 1.85. The molecule has 0 spiro atoms. The Morgan fingerprint density at radius 1 is 0.847 bits per heavy atom. The van der Waals surface area contributed by atoms with Crippen molar-refractivity contribution in [2.24, 2.45) is 0 Å². The predicted molar refractivity (Wildman–Crippen MR) is 293 cm³/mol. The fraction of sp³-hybridized carbons (Fsp3) is 0.319. The number of methoxy groups -OCH3 is 2. The fourth-order valence-electron chi connectivity index (χ4n) is 5.59. The van der Waals surface area contributed by atoms with Gasteiger partial charge < -0.3 is 48.2 Å². The van der Waals surface area contributed by atoms with Gasteiger partial charge in [0.05, 0.1) is 82.9 Å². The minimum absolute atomic E-state index is 0.0493. The molecule has 1 heterocycles. The Kier molecular flexibility index (Phi) is 31.4. The van der Waals surface area contributed by atoms with Crippen molar-refractivity contribution in [1.82, 2.24) is 25.0 Å². The lowest BCUT2D eigenvalue weighted by atomic mass is 10.1. The maximum Gasteiger partial charge on any atom is 0.416 e. The van der Waals surface area contributed by atoms with Crippen LogP contribution in [0.5, 0.6) is 23.3 Å². The molecule has 0 aliphatic heterocycles. The van der Waals surface area contributed by atoms with Gasteiger partial charge in [-0.2, -0.15) is 41.3 Å². The number of alkyl halides is 6. The average Bonchev–Trinajstić information content (AvgIpc) is 2.94.